The van der Waals surface area contributed by atoms with Gasteiger partial charge in [-0.1, -0.05) is 17.7 Å². The Hall–Kier alpha value is -2.34. The van der Waals surface area contributed by atoms with E-state index in [2.05, 4.69) is 20.2 Å². The van der Waals surface area contributed by atoms with Crippen LogP contribution in [0.25, 0.3) is 0 Å². The minimum atomic E-state index is -0.221. The number of fused-ring (bicyclic) bond motifs is 4. The van der Waals surface area contributed by atoms with Crippen molar-refractivity contribution in [2.45, 2.75) is 12.5 Å². The van der Waals surface area contributed by atoms with Gasteiger partial charge in [-0.2, -0.15) is 0 Å². The third-order valence-electron chi connectivity index (χ3n) is 4.04. The number of nitrogens with one attached hydrogen (secondary N) is 1. The molecule has 112 valence electrons. The predicted molar refractivity (Wildman–Crippen MR) is 85.6 cm³/mol. The van der Waals surface area contributed by atoms with Crippen molar-refractivity contribution in [2.75, 3.05) is 28.2 Å². The largest absolute Gasteiger partial charge is 0.366 e. The summed E-state index contributed by atoms with van der Waals surface area (Å²) >= 11 is 6.02. The summed E-state index contributed by atoms with van der Waals surface area (Å²) in [5.41, 5.74) is 0.953. The van der Waals surface area contributed by atoms with E-state index in [0.717, 1.165) is 25.2 Å². The van der Waals surface area contributed by atoms with Gasteiger partial charge in [0, 0.05) is 19.3 Å². The van der Waals surface area contributed by atoms with E-state index >= 15 is 0 Å². The molecule has 2 aromatic heterocycles. The number of nitrogens with zero attached hydrogens (tertiary/aromatic N) is 4. The number of amides is 2. The molecule has 0 aromatic carbocycles. The Kier molecular flexibility index (Phi) is 3.11. The molecule has 0 aliphatic carbocycles. The van der Waals surface area contributed by atoms with Gasteiger partial charge < -0.3 is 4.90 Å². The fourth-order valence-electron chi connectivity index (χ4n) is 3.05. The van der Waals surface area contributed by atoms with E-state index in [0.29, 0.717) is 16.8 Å². The van der Waals surface area contributed by atoms with Crippen molar-refractivity contribution in [3.05, 3.63) is 41.7 Å². The molecular formula is C15H14ClN5O. The summed E-state index contributed by atoms with van der Waals surface area (Å²) in [7, 11) is 0. The molecule has 0 saturated carbocycles. The molecule has 7 heteroatoms. The van der Waals surface area contributed by atoms with Gasteiger partial charge in [-0.25, -0.2) is 14.8 Å². The number of rotatable bonds is 1. The predicted octanol–water partition coefficient (Wildman–Crippen LogP) is 2.76. The van der Waals surface area contributed by atoms with Crippen molar-refractivity contribution in [1.29, 1.82) is 0 Å². The van der Waals surface area contributed by atoms with Gasteiger partial charge >= 0.3 is 6.03 Å². The van der Waals surface area contributed by atoms with Crippen LogP contribution in [-0.2, 0) is 0 Å². The van der Waals surface area contributed by atoms with Gasteiger partial charge in [0.2, 0.25) is 0 Å². The van der Waals surface area contributed by atoms with Crippen LogP contribution in [0.1, 0.15) is 6.42 Å². The molecule has 4 rings (SSSR count). The van der Waals surface area contributed by atoms with Crippen LogP contribution in [0.4, 0.5) is 22.1 Å². The van der Waals surface area contributed by atoms with E-state index in [4.69, 9.17) is 11.6 Å². The fraction of sp³-hybridized carbons (Fsp3) is 0.267. The summed E-state index contributed by atoms with van der Waals surface area (Å²) in [6.45, 7) is 1.75. The highest BCUT2D eigenvalue weighted by atomic mass is 35.5. The van der Waals surface area contributed by atoms with Crippen LogP contribution < -0.4 is 15.1 Å². The summed E-state index contributed by atoms with van der Waals surface area (Å²) in [4.78, 5) is 25.2. The average molecular weight is 316 g/mol. The van der Waals surface area contributed by atoms with Crippen LogP contribution in [0, 0.1) is 0 Å². The van der Waals surface area contributed by atoms with E-state index in [1.807, 2.05) is 18.2 Å². The maximum Gasteiger partial charge on any atom is 0.329 e. The Morgan fingerprint density at radius 3 is 3.05 bits per heavy atom. The minimum Gasteiger partial charge on any atom is -0.366 e. The molecule has 2 aliphatic heterocycles. The van der Waals surface area contributed by atoms with Gasteiger partial charge in [-0.15, -0.1) is 0 Å². The number of hydrogen-bond donors (Lipinski definition) is 1. The van der Waals surface area contributed by atoms with Crippen molar-refractivity contribution in [3.63, 3.8) is 0 Å². The zero-order valence-electron chi connectivity index (χ0n) is 11.7. The van der Waals surface area contributed by atoms with Crippen molar-refractivity contribution in [2.24, 2.45) is 0 Å². The summed E-state index contributed by atoms with van der Waals surface area (Å²) in [5, 5.41) is 3.22. The van der Waals surface area contributed by atoms with Crippen molar-refractivity contribution < 1.29 is 4.79 Å². The Balaban J connectivity index is 1.69. The van der Waals surface area contributed by atoms with Crippen LogP contribution in [0.2, 0.25) is 5.15 Å². The van der Waals surface area contributed by atoms with Gasteiger partial charge in [0.1, 0.15) is 11.0 Å². The molecule has 1 N–H and O–H groups in total. The molecule has 0 spiro atoms. The third kappa shape index (κ3) is 2.16. The fourth-order valence-corrected chi connectivity index (χ4v) is 3.20. The molecule has 2 aliphatic rings. The van der Waals surface area contributed by atoms with Gasteiger partial charge in [0.25, 0.3) is 0 Å². The number of hydrogen-bond acceptors (Lipinski definition) is 4. The van der Waals surface area contributed by atoms with E-state index in [1.165, 1.54) is 0 Å². The topological polar surface area (TPSA) is 61.4 Å². The number of pyridine rings is 2. The Morgan fingerprint density at radius 1 is 1.32 bits per heavy atom. The first kappa shape index (κ1) is 13.3. The highest BCUT2D eigenvalue weighted by Gasteiger charge is 2.40. The average Bonchev–Trinajstić information content (AvgIpc) is 2.93. The number of anilines is 3. The van der Waals surface area contributed by atoms with Gasteiger partial charge in [-0.3, -0.25) is 10.2 Å². The summed E-state index contributed by atoms with van der Waals surface area (Å²) in [6, 6.07) is 8.97. The second kappa shape index (κ2) is 5.14. The molecule has 0 unspecified atom stereocenters. The van der Waals surface area contributed by atoms with Crippen molar-refractivity contribution >= 4 is 35.0 Å². The second-order valence-electron chi connectivity index (χ2n) is 5.38. The smallest absolute Gasteiger partial charge is 0.329 e. The molecule has 2 aromatic rings. The first-order valence-corrected chi connectivity index (χ1v) is 7.53. The molecule has 2 amide bonds. The second-order valence-corrected chi connectivity index (χ2v) is 5.77. The maximum absolute atomic E-state index is 12.7. The van der Waals surface area contributed by atoms with Gasteiger partial charge in [0.05, 0.1) is 11.7 Å². The zero-order chi connectivity index (χ0) is 15.1. The van der Waals surface area contributed by atoms with Crippen LogP contribution in [0.5, 0.6) is 0 Å². The van der Waals surface area contributed by atoms with Crippen LogP contribution in [-0.4, -0.2) is 35.1 Å². The molecule has 1 fully saturated rings. The molecule has 1 saturated heterocycles. The Bertz CT molecular complexity index is 723. The molecule has 0 radical (unpaired) electrons. The number of halogens is 1. The van der Waals surface area contributed by atoms with Crippen molar-refractivity contribution in [3.8, 4) is 0 Å². The highest BCUT2D eigenvalue weighted by molar-refractivity contribution is 6.29. The first-order valence-electron chi connectivity index (χ1n) is 7.15. The van der Waals surface area contributed by atoms with E-state index in [1.54, 1.807) is 23.2 Å². The summed E-state index contributed by atoms with van der Waals surface area (Å²) < 4.78 is 0. The molecule has 2 bridgehead atoms. The number of urea groups is 1. The highest BCUT2D eigenvalue weighted by Crippen LogP contribution is 2.39. The lowest BCUT2D eigenvalue weighted by molar-refractivity contribution is 0.254. The van der Waals surface area contributed by atoms with Gasteiger partial charge in [0.15, 0.2) is 5.82 Å². The van der Waals surface area contributed by atoms with Gasteiger partial charge in [-0.05, 0) is 30.7 Å². The molecule has 4 heterocycles. The lowest BCUT2D eigenvalue weighted by Crippen LogP contribution is -2.48. The van der Waals surface area contributed by atoms with E-state index in [-0.39, 0.29) is 12.1 Å². The minimum absolute atomic E-state index is 0.113. The normalized spacial score (nSPS) is 19.0. The Labute approximate surface area is 132 Å². The van der Waals surface area contributed by atoms with Crippen molar-refractivity contribution in [1.82, 2.24) is 9.97 Å². The number of carbonyl (C=O) groups excluding carboxylic acids is 1. The summed E-state index contributed by atoms with van der Waals surface area (Å²) in [6.07, 6.45) is 2.57. The molecule has 1 atom stereocenters. The molecular weight excluding hydrogens is 302 g/mol. The molecule has 6 nitrogen and oxygen atoms in total. The SMILES string of the molecule is O=C(Nc1ccccn1)N1c2nc(Cl)ccc2N2CC[C@@H]1C2. The number of aromatic nitrogens is 2. The molecule has 22 heavy (non-hydrogen) atoms. The quantitative estimate of drug-likeness (QED) is 0.822. The maximum atomic E-state index is 12.7. The lowest BCUT2D eigenvalue weighted by atomic mass is 10.2. The Morgan fingerprint density at radius 2 is 2.23 bits per heavy atom. The number of carbonyl (C=O) groups is 1. The van der Waals surface area contributed by atoms with Crippen LogP contribution in [0.3, 0.4) is 0 Å². The zero-order valence-corrected chi connectivity index (χ0v) is 12.5. The monoisotopic (exact) mass is 315 g/mol. The van der Waals surface area contributed by atoms with E-state index < -0.39 is 0 Å². The van der Waals surface area contributed by atoms with E-state index in [9.17, 15) is 4.79 Å². The summed E-state index contributed by atoms with van der Waals surface area (Å²) in [5.74, 6) is 1.14. The van der Waals surface area contributed by atoms with Crippen LogP contribution in [0.15, 0.2) is 36.5 Å². The standard InChI is InChI=1S/C15H14ClN5O/c16-12-5-4-11-14(18-12)21(10-6-8-20(11)9-10)15(22)19-13-3-1-2-7-17-13/h1-5,7,10H,6,8-9H2,(H,17,19,22)/t10-/m1/s1. The van der Waals surface area contributed by atoms with Crippen LogP contribution >= 0.6 is 11.6 Å². The first-order chi connectivity index (χ1) is 10.7. The lowest BCUT2D eigenvalue weighted by Gasteiger charge is -2.35. The third-order valence-corrected chi connectivity index (χ3v) is 4.25.